The number of alkyl halides is 3. The summed E-state index contributed by atoms with van der Waals surface area (Å²) in [5.41, 5.74) is 1.15. The first-order valence-corrected chi connectivity index (χ1v) is 8.24. The van der Waals surface area contributed by atoms with Gasteiger partial charge in [0, 0.05) is 16.8 Å². The largest absolute Gasteiger partial charge is 0.508 e. The molecule has 0 heterocycles. The molecule has 0 spiro atoms. The average Bonchev–Trinajstić information content (AvgIpc) is 2.68. The van der Waals surface area contributed by atoms with E-state index in [-0.39, 0.29) is 11.4 Å². The van der Waals surface area contributed by atoms with Crippen LogP contribution in [0, 0.1) is 0 Å². The van der Waals surface area contributed by atoms with Crippen molar-refractivity contribution < 1.29 is 27.8 Å². The van der Waals surface area contributed by atoms with Crippen molar-refractivity contribution >= 4 is 11.6 Å². The van der Waals surface area contributed by atoms with Crippen LogP contribution in [0.25, 0.3) is 11.1 Å². The molecule has 0 unspecified atom stereocenters. The van der Waals surface area contributed by atoms with Crippen LogP contribution in [0.15, 0.2) is 66.7 Å². The maximum absolute atomic E-state index is 12.6. The number of hydrogen-bond acceptors (Lipinski definition) is 3. The third-order valence-electron chi connectivity index (χ3n) is 4.11. The number of carbonyl (C=O) groups is 1. The van der Waals surface area contributed by atoms with Crippen LogP contribution in [0.5, 0.6) is 11.5 Å². The fourth-order valence-electron chi connectivity index (χ4n) is 2.66. The molecule has 0 saturated heterocycles. The van der Waals surface area contributed by atoms with E-state index in [0.29, 0.717) is 16.9 Å². The van der Waals surface area contributed by atoms with E-state index >= 15 is 0 Å². The second kappa shape index (κ2) is 7.64. The maximum atomic E-state index is 12.6. The quantitative estimate of drug-likeness (QED) is 0.635. The minimum atomic E-state index is -4.43. The highest BCUT2D eigenvalue weighted by Gasteiger charge is 2.30. The van der Waals surface area contributed by atoms with Crippen molar-refractivity contribution in [1.29, 1.82) is 0 Å². The predicted octanol–water partition coefficient (Wildman–Crippen LogP) is 5.34. The second-order valence-electron chi connectivity index (χ2n) is 5.99. The summed E-state index contributed by atoms with van der Waals surface area (Å²) in [6.45, 7) is 0. The number of benzene rings is 3. The van der Waals surface area contributed by atoms with Crippen LogP contribution in [0.4, 0.5) is 18.9 Å². The molecule has 0 atom stereocenters. The minimum Gasteiger partial charge on any atom is -0.508 e. The molecule has 0 aliphatic carbocycles. The molecule has 0 radical (unpaired) electrons. The molecule has 0 saturated carbocycles. The lowest BCUT2D eigenvalue weighted by Crippen LogP contribution is -2.12. The van der Waals surface area contributed by atoms with E-state index < -0.39 is 17.6 Å². The predicted molar refractivity (Wildman–Crippen MR) is 99.5 cm³/mol. The number of hydrogen-bond donors (Lipinski definition) is 2. The molecule has 1 amide bonds. The van der Waals surface area contributed by atoms with Crippen molar-refractivity contribution in [2.24, 2.45) is 0 Å². The van der Waals surface area contributed by atoms with E-state index in [0.717, 1.165) is 17.7 Å². The first kappa shape index (κ1) is 19.3. The van der Waals surface area contributed by atoms with Crippen LogP contribution in [0.1, 0.15) is 15.9 Å². The van der Waals surface area contributed by atoms with Gasteiger partial charge in [-0.2, -0.15) is 13.2 Å². The summed E-state index contributed by atoms with van der Waals surface area (Å²) in [5.74, 6) is 0.179. The Hall–Kier alpha value is -3.48. The molecule has 144 valence electrons. The molecule has 0 fully saturated rings. The second-order valence-corrected chi connectivity index (χ2v) is 5.99. The van der Waals surface area contributed by atoms with Crippen LogP contribution in [-0.2, 0) is 6.18 Å². The first-order chi connectivity index (χ1) is 13.3. The molecule has 4 nitrogen and oxygen atoms in total. The Morgan fingerprint density at radius 2 is 1.61 bits per heavy atom. The van der Waals surface area contributed by atoms with Crippen LogP contribution in [0.2, 0.25) is 0 Å². The summed E-state index contributed by atoms with van der Waals surface area (Å²) in [5, 5.41) is 12.0. The molecule has 2 N–H and O–H groups in total. The Labute approximate surface area is 159 Å². The Morgan fingerprint density at radius 1 is 0.964 bits per heavy atom. The minimum absolute atomic E-state index is 0.110. The number of halogens is 3. The summed E-state index contributed by atoms with van der Waals surface area (Å²) in [6.07, 6.45) is -4.43. The molecule has 0 bridgehead atoms. The maximum Gasteiger partial charge on any atom is 0.416 e. The molecule has 28 heavy (non-hydrogen) atoms. The van der Waals surface area contributed by atoms with Gasteiger partial charge in [0.05, 0.1) is 12.7 Å². The Balaban J connectivity index is 1.86. The zero-order valence-corrected chi connectivity index (χ0v) is 14.7. The highest BCUT2D eigenvalue weighted by molar-refractivity contribution is 6.05. The number of nitrogens with one attached hydrogen (secondary N) is 1. The Morgan fingerprint density at radius 3 is 2.18 bits per heavy atom. The monoisotopic (exact) mass is 387 g/mol. The van der Waals surface area contributed by atoms with Gasteiger partial charge in [-0.1, -0.05) is 12.1 Å². The Kier molecular flexibility index (Phi) is 5.26. The number of aromatic hydroxyl groups is 1. The number of phenolic OH excluding ortho intramolecular Hbond substituents is 1. The summed E-state index contributed by atoms with van der Waals surface area (Å²) in [4.78, 5) is 12.5. The van der Waals surface area contributed by atoms with Crippen molar-refractivity contribution in [1.82, 2.24) is 0 Å². The highest BCUT2D eigenvalue weighted by atomic mass is 19.4. The summed E-state index contributed by atoms with van der Waals surface area (Å²) in [7, 11) is 1.50. The third-order valence-corrected chi connectivity index (χ3v) is 4.11. The molecule has 3 rings (SSSR count). The van der Waals surface area contributed by atoms with Crippen molar-refractivity contribution in [3.8, 4) is 22.6 Å². The fourth-order valence-corrected chi connectivity index (χ4v) is 2.66. The SMILES string of the molecule is COc1ccc(C(=O)Nc2ccc(C(F)(F)F)cc2)cc1-c1ccc(O)cc1. The molecular weight excluding hydrogens is 371 g/mol. The molecule has 0 aliphatic rings. The van der Waals surface area contributed by atoms with Crippen LogP contribution in [0.3, 0.4) is 0 Å². The zero-order valence-electron chi connectivity index (χ0n) is 14.7. The number of methoxy groups -OCH3 is 1. The number of carbonyl (C=O) groups excluding carboxylic acids is 1. The number of phenols is 1. The summed E-state index contributed by atoms with van der Waals surface area (Å²) in [6, 6.07) is 15.4. The standard InChI is InChI=1S/C21H16F3NO3/c1-28-19-11-4-14(12-18(19)13-2-9-17(26)10-3-13)20(27)25-16-7-5-15(6-8-16)21(22,23)24/h2-12,26H,1H3,(H,25,27). The lowest BCUT2D eigenvalue weighted by atomic mass is 10.0. The number of amides is 1. The third kappa shape index (κ3) is 4.25. The number of rotatable bonds is 4. The van der Waals surface area contributed by atoms with E-state index in [2.05, 4.69) is 5.32 Å². The smallest absolute Gasteiger partial charge is 0.416 e. The van der Waals surface area contributed by atoms with Crippen molar-refractivity contribution in [3.63, 3.8) is 0 Å². The lowest BCUT2D eigenvalue weighted by molar-refractivity contribution is -0.137. The molecule has 3 aromatic carbocycles. The van der Waals surface area contributed by atoms with Gasteiger partial charge < -0.3 is 15.2 Å². The van der Waals surface area contributed by atoms with E-state index in [4.69, 9.17) is 4.74 Å². The van der Waals surface area contributed by atoms with Gasteiger partial charge in [-0.3, -0.25) is 4.79 Å². The first-order valence-electron chi connectivity index (χ1n) is 8.24. The molecule has 3 aromatic rings. The lowest BCUT2D eigenvalue weighted by Gasteiger charge is -2.12. The van der Waals surface area contributed by atoms with E-state index in [9.17, 15) is 23.1 Å². The molecule has 0 aromatic heterocycles. The van der Waals surface area contributed by atoms with Gasteiger partial charge in [-0.15, -0.1) is 0 Å². The van der Waals surface area contributed by atoms with Crippen LogP contribution in [-0.4, -0.2) is 18.1 Å². The van der Waals surface area contributed by atoms with Crippen LogP contribution >= 0.6 is 0 Å². The van der Waals surface area contributed by atoms with Crippen LogP contribution < -0.4 is 10.1 Å². The summed E-state index contributed by atoms with van der Waals surface area (Å²) >= 11 is 0. The highest BCUT2D eigenvalue weighted by Crippen LogP contribution is 2.33. The van der Waals surface area contributed by atoms with Gasteiger partial charge in [-0.05, 0) is 60.2 Å². The van der Waals surface area contributed by atoms with Crippen molar-refractivity contribution in [2.75, 3.05) is 12.4 Å². The van der Waals surface area contributed by atoms with E-state index in [1.54, 1.807) is 30.3 Å². The van der Waals surface area contributed by atoms with Gasteiger partial charge in [0.1, 0.15) is 11.5 Å². The van der Waals surface area contributed by atoms with Gasteiger partial charge in [0.15, 0.2) is 0 Å². The van der Waals surface area contributed by atoms with Gasteiger partial charge in [0.25, 0.3) is 5.91 Å². The van der Waals surface area contributed by atoms with Crippen molar-refractivity contribution in [2.45, 2.75) is 6.18 Å². The normalized spacial score (nSPS) is 11.1. The topological polar surface area (TPSA) is 58.6 Å². The van der Waals surface area contributed by atoms with Gasteiger partial charge in [0.2, 0.25) is 0 Å². The number of anilines is 1. The molecular formula is C21H16F3NO3. The van der Waals surface area contributed by atoms with Gasteiger partial charge >= 0.3 is 6.18 Å². The number of ether oxygens (including phenoxy) is 1. The zero-order chi connectivity index (χ0) is 20.3. The molecule has 0 aliphatic heterocycles. The van der Waals surface area contributed by atoms with Gasteiger partial charge in [-0.25, -0.2) is 0 Å². The Bertz CT molecular complexity index is 981. The van der Waals surface area contributed by atoms with Crippen molar-refractivity contribution in [3.05, 3.63) is 77.9 Å². The average molecular weight is 387 g/mol. The van der Waals surface area contributed by atoms with E-state index in [1.807, 2.05) is 0 Å². The van der Waals surface area contributed by atoms with E-state index in [1.165, 1.54) is 31.4 Å². The molecule has 7 heteroatoms. The fraction of sp³-hybridized carbons (Fsp3) is 0.0952. The summed E-state index contributed by atoms with van der Waals surface area (Å²) < 4.78 is 43.2.